The summed E-state index contributed by atoms with van der Waals surface area (Å²) in [4.78, 5) is 28.8. The zero-order valence-corrected chi connectivity index (χ0v) is 15.7. The van der Waals surface area contributed by atoms with E-state index in [9.17, 15) is 19.8 Å². The van der Waals surface area contributed by atoms with E-state index in [0.717, 1.165) is 0 Å². The third-order valence-electron chi connectivity index (χ3n) is 4.69. The number of aromatic hydroxyl groups is 2. The molecule has 1 aliphatic heterocycles. The van der Waals surface area contributed by atoms with Crippen molar-refractivity contribution >= 4 is 11.8 Å². The number of phenols is 2. The minimum absolute atomic E-state index is 0.0534. The SMILES string of the molecule is CC(Oc1ccc(O)cc1)C(=O)N1CCCN(C(=O)c2cccc(O)c2)CC1. The maximum Gasteiger partial charge on any atom is 0.263 e. The first-order chi connectivity index (χ1) is 13.4. The molecule has 2 amide bonds. The van der Waals surface area contributed by atoms with Gasteiger partial charge < -0.3 is 24.7 Å². The van der Waals surface area contributed by atoms with Crippen molar-refractivity contribution in [2.24, 2.45) is 0 Å². The highest BCUT2D eigenvalue weighted by molar-refractivity contribution is 5.94. The molecule has 0 radical (unpaired) electrons. The van der Waals surface area contributed by atoms with Crippen LogP contribution in [0.4, 0.5) is 0 Å². The fraction of sp³-hybridized carbons (Fsp3) is 0.333. The van der Waals surface area contributed by atoms with E-state index in [1.807, 2.05) is 0 Å². The molecule has 0 aliphatic carbocycles. The maximum atomic E-state index is 12.7. The molecule has 7 heteroatoms. The third-order valence-corrected chi connectivity index (χ3v) is 4.69. The van der Waals surface area contributed by atoms with Gasteiger partial charge in [-0.2, -0.15) is 0 Å². The average molecular weight is 384 g/mol. The smallest absolute Gasteiger partial charge is 0.263 e. The first-order valence-corrected chi connectivity index (χ1v) is 9.27. The van der Waals surface area contributed by atoms with Crippen molar-refractivity contribution in [2.75, 3.05) is 26.2 Å². The largest absolute Gasteiger partial charge is 0.508 e. The van der Waals surface area contributed by atoms with Gasteiger partial charge in [0.15, 0.2) is 6.10 Å². The van der Waals surface area contributed by atoms with E-state index < -0.39 is 6.10 Å². The van der Waals surface area contributed by atoms with Crippen molar-refractivity contribution in [2.45, 2.75) is 19.4 Å². The van der Waals surface area contributed by atoms with Gasteiger partial charge >= 0.3 is 0 Å². The molecule has 1 unspecified atom stereocenters. The normalized spacial score (nSPS) is 15.6. The second-order valence-corrected chi connectivity index (χ2v) is 6.78. The Labute approximate surface area is 163 Å². The van der Waals surface area contributed by atoms with E-state index >= 15 is 0 Å². The van der Waals surface area contributed by atoms with Crippen LogP contribution in [0.25, 0.3) is 0 Å². The molecule has 1 saturated heterocycles. The number of ether oxygens (including phenoxy) is 1. The molecule has 7 nitrogen and oxygen atoms in total. The van der Waals surface area contributed by atoms with Crippen LogP contribution in [0.2, 0.25) is 0 Å². The molecule has 2 aromatic rings. The molecule has 148 valence electrons. The van der Waals surface area contributed by atoms with Crippen LogP contribution in [-0.2, 0) is 4.79 Å². The highest BCUT2D eigenvalue weighted by Gasteiger charge is 2.26. The lowest BCUT2D eigenvalue weighted by molar-refractivity contribution is -0.137. The monoisotopic (exact) mass is 384 g/mol. The second-order valence-electron chi connectivity index (χ2n) is 6.78. The fourth-order valence-electron chi connectivity index (χ4n) is 3.20. The van der Waals surface area contributed by atoms with E-state index in [1.165, 1.54) is 24.3 Å². The summed E-state index contributed by atoms with van der Waals surface area (Å²) < 4.78 is 5.67. The van der Waals surface area contributed by atoms with Gasteiger partial charge in [0.25, 0.3) is 11.8 Å². The number of hydrogen-bond acceptors (Lipinski definition) is 5. The molecule has 28 heavy (non-hydrogen) atoms. The number of benzene rings is 2. The topological polar surface area (TPSA) is 90.3 Å². The van der Waals surface area contributed by atoms with Gasteiger partial charge in [-0.25, -0.2) is 0 Å². The summed E-state index contributed by atoms with van der Waals surface area (Å²) >= 11 is 0. The maximum absolute atomic E-state index is 12.7. The summed E-state index contributed by atoms with van der Waals surface area (Å²) in [5.41, 5.74) is 0.434. The number of rotatable bonds is 4. The van der Waals surface area contributed by atoms with Gasteiger partial charge in [0.2, 0.25) is 0 Å². The lowest BCUT2D eigenvalue weighted by Crippen LogP contribution is -2.43. The number of nitrogens with zero attached hydrogens (tertiary/aromatic N) is 2. The first kappa shape index (κ1) is 19.5. The third kappa shape index (κ3) is 4.73. The van der Waals surface area contributed by atoms with Crippen LogP contribution in [0.3, 0.4) is 0 Å². The Morgan fingerprint density at radius 3 is 2.32 bits per heavy atom. The Morgan fingerprint density at radius 2 is 1.61 bits per heavy atom. The van der Waals surface area contributed by atoms with Crippen molar-refractivity contribution < 1.29 is 24.5 Å². The zero-order valence-electron chi connectivity index (χ0n) is 15.7. The number of amides is 2. The van der Waals surface area contributed by atoms with Crippen molar-refractivity contribution in [3.05, 3.63) is 54.1 Å². The highest BCUT2D eigenvalue weighted by atomic mass is 16.5. The molecule has 0 aromatic heterocycles. The summed E-state index contributed by atoms with van der Waals surface area (Å²) in [6.45, 7) is 3.63. The van der Waals surface area contributed by atoms with Crippen LogP contribution in [0.1, 0.15) is 23.7 Å². The molecule has 2 aromatic carbocycles. The molecule has 1 fully saturated rings. The van der Waals surface area contributed by atoms with Gasteiger partial charge in [0.1, 0.15) is 17.2 Å². The minimum atomic E-state index is -0.669. The Hall–Kier alpha value is -3.22. The van der Waals surface area contributed by atoms with Gasteiger partial charge in [-0.3, -0.25) is 9.59 Å². The summed E-state index contributed by atoms with van der Waals surface area (Å²) in [6, 6.07) is 12.5. The zero-order chi connectivity index (χ0) is 20.1. The first-order valence-electron chi connectivity index (χ1n) is 9.27. The predicted molar refractivity (Wildman–Crippen MR) is 103 cm³/mol. The molecular formula is C21H24N2O5. The van der Waals surface area contributed by atoms with E-state index in [4.69, 9.17) is 4.74 Å². The van der Waals surface area contributed by atoms with Crippen LogP contribution < -0.4 is 4.74 Å². The summed E-state index contributed by atoms with van der Waals surface area (Å²) in [5.74, 6) is 0.403. The summed E-state index contributed by atoms with van der Waals surface area (Å²) in [7, 11) is 0. The van der Waals surface area contributed by atoms with Crippen molar-refractivity contribution in [3.8, 4) is 17.2 Å². The number of carbonyl (C=O) groups is 2. The van der Waals surface area contributed by atoms with E-state index in [-0.39, 0.29) is 23.3 Å². The Bertz CT molecular complexity index is 837. The number of carbonyl (C=O) groups excluding carboxylic acids is 2. The van der Waals surface area contributed by atoms with Crippen molar-refractivity contribution in [1.82, 2.24) is 9.80 Å². The Kier molecular flexibility index (Phi) is 6.03. The fourth-order valence-corrected chi connectivity index (χ4v) is 3.20. The lowest BCUT2D eigenvalue weighted by Gasteiger charge is -2.25. The molecule has 0 saturated carbocycles. The van der Waals surface area contributed by atoms with Crippen LogP contribution in [0.5, 0.6) is 17.2 Å². The van der Waals surface area contributed by atoms with E-state index in [0.29, 0.717) is 43.9 Å². The van der Waals surface area contributed by atoms with Gasteiger partial charge in [-0.05, 0) is 55.8 Å². The molecule has 2 N–H and O–H groups in total. The lowest BCUT2D eigenvalue weighted by atomic mass is 10.2. The Morgan fingerprint density at radius 1 is 0.929 bits per heavy atom. The molecule has 1 atom stereocenters. The van der Waals surface area contributed by atoms with Crippen molar-refractivity contribution in [1.29, 1.82) is 0 Å². The van der Waals surface area contributed by atoms with E-state index in [2.05, 4.69) is 0 Å². The van der Waals surface area contributed by atoms with Crippen LogP contribution in [0, 0.1) is 0 Å². The molecule has 0 spiro atoms. The van der Waals surface area contributed by atoms with Gasteiger partial charge in [-0.15, -0.1) is 0 Å². The standard InChI is InChI=1S/C21H24N2O5/c1-15(28-19-8-6-17(24)7-9-19)20(26)22-10-3-11-23(13-12-22)21(27)16-4-2-5-18(25)14-16/h2,4-9,14-15,24-25H,3,10-13H2,1H3. The minimum Gasteiger partial charge on any atom is -0.508 e. The molecule has 0 bridgehead atoms. The second kappa shape index (κ2) is 8.65. The van der Waals surface area contributed by atoms with Crippen LogP contribution in [-0.4, -0.2) is 64.1 Å². The molecule has 1 heterocycles. The van der Waals surface area contributed by atoms with Gasteiger partial charge in [0.05, 0.1) is 0 Å². The molecule has 3 rings (SSSR count). The number of hydrogen-bond donors (Lipinski definition) is 2. The molecular weight excluding hydrogens is 360 g/mol. The molecule has 1 aliphatic rings. The predicted octanol–water partition coefficient (Wildman–Crippen LogP) is 2.24. The average Bonchev–Trinajstić information content (AvgIpc) is 2.94. The highest BCUT2D eigenvalue weighted by Crippen LogP contribution is 2.19. The van der Waals surface area contributed by atoms with Crippen molar-refractivity contribution in [3.63, 3.8) is 0 Å². The van der Waals surface area contributed by atoms with Gasteiger partial charge in [-0.1, -0.05) is 6.07 Å². The van der Waals surface area contributed by atoms with Crippen LogP contribution >= 0.6 is 0 Å². The van der Waals surface area contributed by atoms with Gasteiger partial charge in [0, 0.05) is 31.7 Å². The quantitative estimate of drug-likeness (QED) is 0.844. The van der Waals surface area contributed by atoms with E-state index in [1.54, 1.807) is 41.0 Å². The number of phenolic OH excluding ortho intramolecular Hbond substituents is 2. The summed E-state index contributed by atoms with van der Waals surface area (Å²) in [6.07, 6.45) is 0.000230. The Balaban J connectivity index is 1.58. The summed E-state index contributed by atoms with van der Waals surface area (Å²) in [5, 5.41) is 18.9. The van der Waals surface area contributed by atoms with Crippen LogP contribution in [0.15, 0.2) is 48.5 Å².